The Balaban J connectivity index is 2.37. The highest BCUT2D eigenvalue weighted by Gasteiger charge is 2.18. The van der Waals surface area contributed by atoms with E-state index in [-0.39, 0.29) is 4.83 Å². The monoisotopic (exact) mass is 398 g/mol. The van der Waals surface area contributed by atoms with Crippen molar-refractivity contribution in [2.75, 3.05) is 6.61 Å². The predicted molar refractivity (Wildman–Crippen MR) is 87.7 cm³/mol. The first kappa shape index (κ1) is 15.5. The van der Waals surface area contributed by atoms with Crippen LogP contribution >= 0.6 is 62.1 Å². The summed E-state index contributed by atoms with van der Waals surface area (Å²) in [4.78, 5) is 1.04. The molecule has 1 aromatic carbocycles. The van der Waals surface area contributed by atoms with Gasteiger partial charge in [-0.25, -0.2) is 0 Å². The molecule has 0 fully saturated rings. The first-order chi connectivity index (χ1) is 9.02. The van der Waals surface area contributed by atoms with Crippen molar-refractivity contribution in [3.63, 3.8) is 0 Å². The van der Waals surface area contributed by atoms with Crippen molar-refractivity contribution in [1.82, 2.24) is 0 Å². The molecule has 1 aromatic heterocycles. The zero-order valence-corrected chi connectivity index (χ0v) is 14.6. The van der Waals surface area contributed by atoms with Gasteiger partial charge in [-0.3, -0.25) is 0 Å². The number of hydrogen-bond donors (Lipinski definition) is 0. The lowest BCUT2D eigenvalue weighted by atomic mass is 10.1. The fraction of sp³-hybridized carbons (Fsp3) is 0.231. The topological polar surface area (TPSA) is 9.23 Å². The Labute approximate surface area is 139 Å². The van der Waals surface area contributed by atoms with E-state index in [1.165, 1.54) is 11.3 Å². The summed E-state index contributed by atoms with van der Waals surface area (Å²) in [7, 11) is 0. The largest absolute Gasteiger partial charge is 0.492 e. The van der Waals surface area contributed by atoms with E-state index < -0.39 is 0 Å². The Morgan fingerprint density at radius 3 is 2.53 bits per heavy atom. The van der Waals surface area contributed by atoms with Gasteiger partial charge in [0, 0.05) is 16.0 Å². The lowest BCUT2D eigenvalue weighted by Gasteiger charge is -2.13. The van der Waals surface area contributed by atoms with Gasteiger partial charge in [0.1, 0.15) is 5.75 Å². The second-order valence-electron chi connectivity index (χ2n) is 3.74. The van der Waals surface area contributed by atoms with Crippen LogP contribution in [0.25, 0.3) is 0 Å². The molecule has 0 N–H and O–H groups in total. The van der Waals surface area contributed by atoms with Gasteiger partial charge in [0.2, 0.25) is 0 Å². The van der Waals surface area contributed by atoms with Crippen LogP contribution in [0.1, 0.15) is 22.2 Å². The average Bonchev–Trinajstić information content (AvgIpc) is 2.79. The number of alkyl halides is 1. The van der Waals surface area contributed by atoms with E-state index >= 15 is 0 Å². The number of hydrogen-bond acceptors (Lipinski definition) is 2. The molecule has 1 atom stereocenters. The fourth-order valence-corrected chi connectivity index (χ4v) is 4.11. The molecule has 1 heterocycles. The molecular formula is C13H10BrCl3OS. The van der Waals surface area contributed by atoms with Crippen molar-refractivity contribution in [3.8, 4) is 5.75 Å². The van der Waals surface area contributed by atoms with Gasteiger partial charge in [-0.2, -0.15) is 0 Å². The van der Waals surface area contributed by atoms with Gasteiger partial charge < -0.3 is 4.74 Å². The van der Waals surface area contributed by atoms with Crippen LogP contribution in [0.2, 0.25) is 14.4 Å². The molecule has 0 aliphatic heterocycles. The molecule has 2 aromatic rings. The van der Waals surface area contributed by atoms with Crippen molar-refractivity contribution >= 4 is 62.1 Å². The number of halogens is 4. The molecular weight excluding hydrogens is 390 g/mol. The molecule has 1 unspecified atom stereocenters. The second kappa shape index (κ2) is 6.68. The van der Waals surface area contributed by atoms with E-state index in [4.69, 9.17) is 39.5 Å². The van der Waals surface area contributed by atoms with Gasteiger partial charge in [-0.1, -0.05) is 50.7 Å². The molecule has 0 aliphatic rings. The highest BCUT2D eigenvalue weighted by Crippen LogP contribution is 2.42. The van der Waals surface area contributed by atoms with E-state index in [2.05, 4.69) is 15.9 Å². The van der Waals surface area contributed by atoms with Gasteiger partial charge in [0.05, 0.1) is 20.8 Å². The average molecular weight is 401 g/mol. The van der Waals surface area contributed by atoms with Crippen LogP contribution < -0.4 is 4.74 Å². The minimum absolute atomic E-state index is 0.0364. The summed E-state index contributed by atoms with van der Waals surface area (Å²) < 4.78 is 6.15. The van der Waals surface area contributed by atoms with E-state index in [0.29, 0.717) is 22.4 Å². The molecule has 6 heteroatoms. The molecule has 2 rings (SSSR count). The van der Waals surface area contributed by atoms with E-state index in [1.807, 2.05) is 25.1 Å². The molecule has 0 saturated heterocycles. The van der Waals surface area contributed by atoms with Crippen molar-refractivity contribution in [2.24, 2.45) is 0 Å². The molecule has 0 aliphatic carbocycles. The SMILES string of the molecule is CCOc1cc(Cl)c(C(Br)c2ccc(Cl)s2)cc1Cl. The lowest BCUT2D eigenvalue weighted by Crippen LogP contribution is -1.96. The van der Waals surface area contributed by atoms with E-state index in [9.17, 15) is 0 Å². The van der Waals surface area contributed by atoms with Crippen LogP contribution in [0, 0.1) is 0 Å². The smallest absolute Gasteiger partial charge is 0.139 e. The Morgan fingerprint density at radius 1 is 1.21 bits per heavy atom. The van der Waals surface area contributed by atoms with Crippen molar-refractivity contribution in [1.29, 1.82) is 0 Å². The lowest BCUT2D eigenvalue weighted by molar-refractivity contribution is 0.340. The molecule has 1 nitrogen and oxygen atoms in total. The zero-order chi connectivity index (χ0) is 14.0. The zero-order valence-electron chi connectivity index (χ0n) is 9.92. The third kappa shape index (κ3) is 3.59. The van der Waals surface area contributed by atoms with Crippen LogP contribution in [-0.2, 0) is 0 Å². The van der Waals surface area contributed by atoms with Crippen LogP contribution in [-0.4, -0.2) is 6.61 Å². The van der Waals surface area contributed by atoms with E-state index in [0.717, 1.165) is 14.8 Å². The maximum Gasteiger partial charge on any atom is 0.139 e. The standard InChI is InChI=1S/C13H10BrCl3OS/c1-2-18-10-6-8(15)7(5-9(10)16)13(14)11-3-4-12(17)19-11/h3-6,13H,2H2,1H3. The minimum Gasteiger partial charge on any atom is -0.492 e. The molecule has 102 valence electrons. The van der Waals surface area contributed by atoms with Crippen LogP contribution in [0.3, 0.4) is 0 Å². The second-order valence-corrected chi connectivity index (χ2v) is 7.22. The summed E-state index contributed by atoms with van der Waals surface area (Å²) in [6.07, 6.45) is 0. The van der Waals surface area contributed by atoms with Gasteiger partial charge >= 0.3 is 0 Å². The highest BCUT2D eigenvalue weighted by molar-refractivity contribution is 9.09. The molecule has 0 spiro atoms. The van der Waals surface area contributed by atoms with Crippen LogP contribution in [0.15, 0.2) is 24.3 Å². The Morgan fingerprint density at radius 2 is 1.95 bits per heavy atom. The maximum absolute atomic E-state index is 6.29. The molecule has 0 amide bonds. The van der Waals surface area contributed by atoms with Crippen LogP contribution in [0.5, 0.6) is 5.75 Å². The molecule has 0 bridgehead atoms. The first-order valence-electron chi connectivity index (χ1n) is 5.54. The van der Waals surface area contributed by atoms with Crippen LogP contribution in [0.4, 0.5) is 0 Å². The predicted octanol–water partition coefficient (Wildman–Crippen LogP) is 6.59. The summed E-state index contributed by atoms with van der Waals surface area (Å²) in [6, 6.07) is 7.39. The minimum atomic E-state index is -0.0364. The Kier molecular flexibility index (Phi) is 5.44. The number of benzene rings is 1. The quantitative estimate of drug-likeness (QED) is 0.526. The number of ether oxygens (including phenoxy) is 1. The van der Waals surface area contributed by atoms with Gasteiger partial charge in [0.25, 0.3) is 0 Å². The summed E-state index contributed by atoms with van der Waals surface area (Å²) in [6.45, 7) is 2.45. The maximum atomic E-state index is 6.29. The third-order valence-electron chi connectivity index (χ3n) is 2.47. The normalized spacial score (nSPS) is 12.5. The summed E-state index contributed by atoms with van der Waals surface area (Å²) >= 11 is 23.6. The van der Waals surface area contributed by atoms with E-state index in [1.54, 1.807) is 6.07 Å². The summed E-state index contributed by atoms with van der Waals surface area (Å²) in [5.74, 6) is 0.599. The van der Waals surface area contributed by atoms with Crippen molar-refractivity contribution in [2.45, 2.75) is 11.8 Å². The van der Waals surface area contributed by atoms with Crippen molar-refractivity contribution in [3.05, 3.63) is 49.1 Å². The van der Waals surface area contributed by atoms with Gasteiger partial charge in [-0.15, -0.1) is 11.3 Å². The molecule has 0 radical (unpaired) electrons. The Bertz CT molecular complexity index is 585. The third-order valence-corrected chi connectivity index (χ3v) is 5.68. The summed E-state index contributed by atoms with van der Waals surface area (Å²) in [5, 5.41) is 1.16. The first-order valence-corrected chi connectivity index (χ1v) is 8.40. The fourth-order valence-electron chi connectivity index (χ4n) is 1.62. The van der Waals surface area contributed by atoms with Gasteiger partial charge in [0.15, 0.2) is 0 Å². The number of thiophene rings is 1. The summed E-state index contributed by atoms with van der Waals surface area (Å²) in [5.41, 5.74) is 0.897. The number of rotatable bonds is 4. The highest BCUT2D eigenvalue weighted by atomic mass is 79.9. The molecule has 19 heavy (non-hydrogen) atoms. The Hall–Kier alpha value is 0.0700. The van der Waals surface area contributed by atoms with Crippen molar-refractivity contribution < 1.29 is 4.74 Å². The molecule has 0 saturated carbocycles. The van der Waals surface area contributed by atoms with Gasteiger partial charge in [-0.05, 0) is 30.7 Å².